The van der Waals surface area contributed by atoms with Crippen LogP contribution in [0.4, 0.5) is 0 Å². The van der Waals surface area contributed by atoms with Gasteiger partial charge in [-0.15, -0.1) is 0 Å². The molecule has 96 valence electrons. The zero-order valence-electron chi connectivity index (χ0n) is 10.8. The largest absolute Gasteiger partial charge is 0.465 e. The van der Waals surface area contributed by atoms with E-state index in [0.29, 0.717) is 25.9 Å². The minimum Gasteiger partial charge on any atom is -0.465 e. The molecule has 0 N–H and O–H groups in total. The number of hydrogen-bond donors (Lipinski definition) is 0. The molecule has 0 saturated heterocycles. The molecule has 1 rings (SSSR count). The zero-order valence-corrected chi connectivity index (χ0v) is 10.8. The van der Waals surface area contributed by atoms with E-state index < -0.39 is 5.41 Å². The number of ketones is 1. The molecule has 1 fully saturated rings. The van der Waals surface area contributed by atoms with Crippen LogP contribution in [0.25, 0.3) is 0 Å². The Morgan fingerprint density at radius 2 is 2.18 bits per heavy atom. The number of rotatable bonds is 6. The second-order valence-electron chi connectivity index (χ2n) is 4.50. The molecule has 0 aromatic carbocycles. The normalized spacial score (nSPS) is 24.5. The van der Waals surface area contributed by atoms with E-state index in [0.717, 1.165) is 19.3 Å². The van der Waals surface area contributed by atoms with Gasteiger partial charge in [-0.25, -0.2) is 0 Å². The lowest BCUT2D eigenvalue weighted by molar-refractivity contribution is -0.159. The summed E-state index contributed by atoms with van der Waals surface area (Å²) < 4.78 is 5.07. The van der Waals surface area contributed by atoms with Crippen LogP contribution in [-0.2, 0) is 14.3 Å². The third-order valence-corrected chi connectivity index (χ3v) is 3.35. The van der Waals surface area contributed by atoms with Crippen LogP contribution in [-0.4, -0.2) is 18.4 Å². The lowest BCUT2D eigenvalue weighted by Gasteiger charge is -2.24. The number of hydrogen-bond acceptors (Lipinski definition) is 3. The molecule has 1 atom stereocenters. The van der Waals surface area contributed by atoms with Crippen LogP contribution in [0, 0.1) is 5.41 Å². The Kier molecular flexibility index (Phi) is 5.39. The number of carbonyl (C=O) groups is 2. The number of allylic oxidation sites excluding steroid dienone is 2. The highest BCUT2D eigenvalue weighted by Crippen LogP contribution is 2.40. The SMILES string of the molecule is CCC=CCCC1(C(=O)OCC)CCCC1=O. The van der Waals surface area contributed by atoms with E-state index in [-0.39, 0.29) is 11.8 Å². The van der Waals surface area contributed by atoms with E-state index in [1.807, 2.05) is 6.08 Å². The molecule has 0 radical (unpaired) electrons. The summed E-state index contributed by atoms with van der Waals surface area (Å²) in [5.41, 5.74) is -0.839. The summed E-state index contributed by atoms with van der Waals surface area (Å²) in [5.74, 6) is -0.242. The lowest BCUT2D eigenvalue weighted by atomic mass is 9.80. The molecule has 3 heteroatoms. The third kappa shape index (κ3) is 3.18. The molecule has 1 aliphatic rings. The minimum absolute atomic E-state index is 0.0702. The third-order valence-electron chi connectivity index (χ3n) is 3.35. The maximum absolute atomic E-state index is 12.0. The Morgan fingerprint density at radius 3 is 2.71 bits per heavy atom. The zero-order chi connectivity index (χ0) is 12.7. The Morgan fingerprint density at radius 1 is 1.41 bits per heavy atom. The summed E-state index contributed by atoms with van der Waals surface area (Å²) in [5, 5.41) is 0. The predicted molar refractivity (Wildman–Crippen MR) is 66.6 cm³/mol. The van der Waals surface area contributed by atoms with Crippen LogP contribution >= 0.6 is 0 Å². The van der Waals surface area contributed by atoms with Crippen LogP contribution in [0.2, 0.25) is 0 Å². The molecule has 0 heterocycles. The second-order valence-corrected chi connectivity index (χ2v) is 4.50. The van der Waals surface area contributed by atoms with Crippen molar-refractivity contribution in [1.82, 2.24) is 0 Å². The average Bonchev–Trinajstić information content (AvgIpc) is 2.68. The molecule has 1 saturated carbocycles. The van der Waals surface area contributed by atoms with Gasteiger partial charge in [0.15, 0.2) is 0 Å². The number of Topliss-reactive ketones (excluding diaryl/α,β-unsaturated/α-hetero) is 1. The molecule has 0 bridgehead atoms. The van der Waals surface area contributed by atoms with Crippen molar-refractivity contribution in [3.63, 3.8) is 0 Å². The summed E-state index contributed by atoms with van der Waals surface area (Å²) in [6, 6.07) is 0. The van der Waals surface area contributed by atoms with Crippen molar-refractivity contribution in [3.8, 4) is 0 Å². The average molecular weight is 238 g/mol. The van der Waals surface area contributed by atoms with E-state index in [1.165, 1.54) is 0 Å². The van der Waals surface area contributed by atoms with E-state index in [2.05, 4.69) is 13.0 Å². The molecular formula is C14H22O3. The fourth-order valence-electron chi connectivity index (χ4n) is 2.40. The van der Waals surface area contributed by atoms with E-state index >= 15 is 0 Å². The highest BCUT2D eigenvalue weighted by atomic mass is 16.5. The fourth-order valence-corrected chi connectivity index (χ4v) is 2.40. The number of carbonyl (C=O) groups excluding carboxylic acids is 2. The van der Waals surface area contributed by atoms with Gasteiger partial charge >= 0.3 is 5.97 Å². The van der Waals surface area contributed by atoms with Crippen molar-refractivity contribution in [2.24, 2.45) is 5.41 Å². The summed E-state index contributed by atoms with van der Waals surface area (Å²) in [6.07, 6.45) is 8.47. The molecule has 0 amide bonds. The van der Waals surface area contributed by atoms with Gasteiger partial charge in [0.1, 0.15) is 11.2 Å². The Labute approximate surface area is 103 Å². The number of esters is 1. The van der Waals surface area contributed by atoms with Crippen molar-refractivity contribution < 1.29 is 14.3 Å². The highest BCUT2D eigenvalue weighted by Gasteiger charge is 2.48. The molecule has 1 aliphatic carbocycles. The van der Waals surface area contributed by atoms with Gasteiger partial charge in [0.2, 0.25) is 0 Å². The minimum atomic E-state index is -0.839. The monoisotopic (exact) mass is 238 g/mol. The summed E-state index contributed by atoms with van der Waals surface area (Å²) >= 11 is 0. The Hall–Kier alpha value is -1.12. The van der Waals surface area contributed by atoms with Gasteiger partial charge in [-0.05, 0) is 39.0 Å². The molecule has 3 nitrogen and oxygen atoms in total. The first-order chi connectivity index (χ1) is 8.17. The van der Waals surface area contributed by atoms with Crippen molar-refractivity contribution in [1.29, 1.82) is 0 Å². The quantitative estimate of drug-likeness (QED) is 0.406. The highest BCUT2D eigenvalue weighted by molar-refractivity contribution is 6.05. The van der Waals surface area contributed by atoms with Crippen molar-refractivity contribution in [3.05, 3.63) is 12.2 Å². The number of ether oxygens (including phenoxy) is 1. The molecule has 0 spiro atoms. The smallest absolute Gasteiger partial charge is 0.319 e. The molecule has 1 unspecified atom stereocenters. The van der Waals surface area contributed by atoms with Crippen molar-refractivity contribution in [2.45, 2.75) is 52.4 Å². The first-order valence-corrected chi connectivity index (χ1v) is 6.53. The Bertz CT molecular complexity index is 307. The maximum Gasteiger partial charge on any atom is 0.319 e. The molecule has 0 aliphatic heterocycles. The van der Waals surface area contributed by atoms with Gasteiger partial charge in [0.25, 0.3) is 0 Å². The van der Waals surface area contributed by atoms with Gasteiger partial charge in [0.05, 0.1) is 6.61 Å². The van der Waals surface area contributed by atoms with Gasteiger partial charge < -0.3 is 4.74 Å². The predicted octanol–water partition coefficient (Wildman–Crippen LogP) is 3.04. The molecule has 0 aromatic rings. The molecular weight excluding hydrogens is 216 g/mol. The van der Waals surface area contributed by atoms with E-state index in [9.17, 15) is 9.59 Å². The fraction of sp³-hybridized carbons (Fsp3) is 0.714. The van der Waals surface area contributed by atoms with Crippen LogP contribution in [0.15, 0.2) is 12.2 Å². The van der Waals surface area contributed by atoms with Crippen LogP contribution in [0.5, 0.6) is 0 Å². The molecule has 17 heavy (non-hydrogen) atoms. The summed E-state index contributed by atoms with van der Waals surface area (Å²) in [7, 11) is 0. The van der Waals surface area contributed by atoms with Gasteiger partial charge in [-0.1, -0.05) is 19.1 Å². The van der Waals surface area contributed by atoms with Crippen LogP contribution in [0.1, 0.15) is 52.4 Å². The first kappa shape index (κ1) is 13.9. The van der Waals surface area contributed by atoms with Gasteiger partial charge in [0, 0.05) is 6.42 Å². The Balaban J connectivity index is 2.69. The topological polar surface area (TPSA) is 43.4 Å². The van der Waals surface area contributed by atoms with Crippen molar-refractivity contribution in [2.75, 3.05) is 6.61 Å². The van der Waals surface area contributed by atoms with Crippen LogP contribution < -0.4 is 0 Å². The second kappa shape index (κ2) is 6.58. The maximum atomic E-state index is 12.0. The summed E-state index contributed by atoms with van der Waals surface area (Å²) in [4.78, 5) is 23.9. The lowest BCUT2D eigenvalue weighted by Crippen LogP contribution is -2.36. The summed E-state index contributed by atoms with van der Waals surface area (Å²) in [6.45, 7) is 4.19. The molecule has 0 aromatic heterocycles. The van der Waals surface area contributed by atoms with Gasteiger partial charge in [-0.3, -0.25) is 9.59 Å². The van der Waals surface area contributed by atoms with Crippen molar-refractivity contribution >= 4 is 11.8 Å². The van der Waals surface area contributed by atoms with Gasteiger partial charge in [-0.2, -0.15) is 0 Å². The van der Waals surface area contributed by atoms with Crippen LogP contribution in [0.3, 0.4) is 0 Å². The van der Waals surface area contributed by atoms with E-state index in [1.54, 1.807) is 6.92 Å². The standard InChI is InChI=1S/C14H22O3/c1-3-5-6-7-10-14(13(16)17-4-2)11-8-9-12(14)15/h5-6H,3-4,7-11H2,1-2H3. The van der Waals surface area contributed by atoms with E-state index in [4.69, 9.17) is 4.74 Å². The first-order valence-electron chi connectivity index (χ1n) is 6.53.